The standard InChI is InChI=1S/C7H10N6/c1-3-2-10-6-4(11-3)5(8)12-7(9)13-6/h2H2,1H3,(H5,8,9,10,12,13). The Morgan fingerprint density at radius 3 is 2.85 bits per heavy atom. The lowest BCUT2D eigenvalue weighted by atomic mass is 10.3. The van der Waals surface area contributed by atoms with Gasteiger partial charge in [-0.2, -0.15) is 9.97 Å². The van der Waals surface area contributed by atoms with E-state index >= 15 is 0 Å². The van der Waals surface area contributed by atoms with Crippen LogP contribution in [0.1, 0.15) is 6.92 Å². The summed E-state index contributed by atoms with van der Waals surface area (Å²) >= 11 is 0. The van der Waals surface area contributed by atoms with E-state index in [1.54, 1.807) is 0 Å². The summed E-state index contributed by atoms with van der Waals surface area (Å²) in [6.07, 6.45) is 0. The average molecular weight is 178 g/mol. The second kappa shape index (κ2) is 2.58. The van der Waals surface area contributed by atoms with Gasteiger partial charge in [-0.1, -0.05) is 0 Å². The molecule has 0 fully saturated rings. The van der Waals surface area contributed by atoms with Crippen LogP contribution in [0.5, 0.6) is 0 Å². The summed E-state index contributed by atoms with van der Waals surface area (Å²) in [5.41, 5.74) is 12.6. The van der Waals surface area contributed by atoms with Crippen molar-refractivity contribution in [2.45, 2.75) is 6.92 Å². The number of rotatable bonds is 0. The maximum atomic E-state index is 5.63. The first-order valence-electron chi connectivity index (χ1n) is 3.88. The number of hydrogen-bond acceptors (Lipinski definition) is 6. The fourth-order valence-electron chi connectivity index (χ4n) is 1.17. The van der Waals surface area contributed by atoms with Gasteiger partial charge in [0.1, 0.15) is 5.69 Å². The van der Waals surface area contributed by atoms with Gasteiger partial charge in [0.2, 0.25) is 5.95 Å². The highest BCUT2D eigenvalue weighted by atomic mass is 15.1. The molecule has 0 bridgehead atoms. The number of aromatic nitrogens is 2. The van der Waals surface area contributed by atoms with Crippen molar-refractivity contribution in [1.82, 2.24) is 9.97 Å². The Morgan fingerprint density at radius 2 is 2.08 bits per heavy atom. The Balaban J connectivity index is 2.61. The van der Waals surface area contributed by atoms with Crippen molar-refractivity contribution in [3.63, 3.8) is 0 Å². The van der Waals surface area contributed by atoms with Crippen LogP contribution in [0.4, 0.5) is 23.3 Å². The number of aliphatic imine (C=N–C) groups is 1. The highest BCUT2D eigenvalue weighted by Crippen LogP contribution is 2.31. The van der Waals surface area contributed by atoms with Gasteiger partial charge in [-0.3, -0.25) is 0 Å². The summed E-state index contributed by atoms with van der Waals surface area (Å²) in [4.78, 5) is 12.0. The molecule has 0 atom stereocenters. The molecular weight excluding hydrogens is 168 g/mol. The van der Waals surface area contributed by atoms with E-state index in [0.29, 0.717) is 23.9 Å². The minimum atomic E-state index is 0.165. The molecule has 0 saturated carbocycles. The van der Waals surface area contributed by atoms with Crippen LogP contribution in [0.15, 0.2) is 4.99 Å². The number of nitrogens with one attached hydrogen (secondary N) is 1. The second-order valence-corrected chi connectivity index (χ2v) is 2.86. The van der Waals surface area contributed by atoms with Crippen molar-refractivity contribution in [3.05, 3.63) is 0 Å². The maximum Gasteiger partial charge on any atom is 0.224 e. The molecule has 13 heavy (non-hydrogen) atoms. The number of nitrogen functional groups attached to an aromatic ring is 2. The van der Waals surface area contributed by atoms with Gasteiger partial charge in [0.05, 0.1) is 6.54 Å². The van der Waals surface area contributed by atoms with Gasteiger partial charge in [0.15, 0.2) is 11.6 Å². The molecule has 6 heteroatoms. The van der Waals surface area contributed by atoms with Crippen molar-refractivity contribution in [3.8, 4) is 0 Å². The van der Waals surface area contributed by atoms with Crippen LogP contribution in [0, 0.1) is 0 Å². The van der Waals surface area contributed by atoms with Gasteiger partial charge in [0, 0.05) is 5.71 Å². The zero-order valence-corrected chi connectivity index (χ0v) is 7.20. The van der Waals surface area contributed by atoms with E-state index in [2.05, 4.69) is 20.3 Å². The Labute approximate surface area is 75.1 Å². The Kier molecular flexibility index (Phi) is 1.54. The zero-order chi connectivity index (χ0) is 9.42. The van der Waals surface area contributed by atoms with Crippen molar-refractivity contribution in [2.75, 3.05) is 23.3 Å². The van der Waals surface area contributed by atoms with Crippen molar-refractivity contribution in [1.29, 1.82) is 0 Å². The van der Waals surface area contributed by atoms with E-state index in [1.165, 1.54) is 0 Å². The summed E-state index contributed by atoms with van der Waals surface area (Å²) < 4.78 is 0. The number of nitrogens with two attached hydrogens (primary N) is 2. The van der Waals surface area contributed by atoms with E-state index < -0.39 is 0 Å². The second-order valence-electron chi connectivity index (χ2n) is 2.86. The molecule has 0 unspecified atom stereocenters. The minimum absolute atomic E-state index is 0.165. The number of fused-ring (bicyclic) bond motifs is 1. The molecule has 0 amide bonds. The van der Waals surface area contributed by atoms with Crippen LogP contribution in [0.25, 0.3) is 0 Å². The lowest BCUT2D eigenvalue weighted by Gasteiger charge is -2.15. The monoisotopic (exact) mass is 178 g/mol. The van der Waals surface area contributed by atoms with Gasteiger partial charge in [-0.05, 0) is 6.92 Å². The Hall–Kier alpha value is -1.85. The van der Waals surface area contributed by atoms with Crippen molar-refractivity contribution >= 4 is 29.0 Å². The molecule has 0 saturated heterocycles. The molecule has 0 aliphatic carbocycles. The minimum Gasteiger partial charge on any atom is -0.382 e. The SMILES string of the molecule is CC1=Nc2c(N)nc(N)nc2NC1. The topological polar surface area (TPSA) is 102 Å². The fraction of sp³-hybridized carbons (Fsp3) is 0.286. The van der Waals surface area contributed by atoms with Crippen LogP contribution in [-0.4, -0.2) is 22.2 Å². The molecule has 0 radical (unpaired) electrons. The number of hydrogen-bond donors (Lipinski definition) is 3. The molecule has 1 aromatic rings. The van der Waals surface area contributed by atoms with Crippen LogP contribution in [0.2, 0.25) is 0 Å². The van der Waals surface area contributed by atoms with Gasteiger partial charge in [-0.15, -0.1) is 0 Å². The zero-order valence-electron chi connectivity index (χ0n) is 7.20. The first-order valence-corrected chi connectivity index (χ1v) is 3.88. The third kappa shape index (κ3) is 1.26. The Bertz CT molecular complexity index is 383. The first-order chi connectivity index (χ1) is 6.16. The molecule has 1 aliphatic heterocycles. The summed E-state index contributed by atoms with van der Waals surface area (Å²) in [7, 11) is 0. The average Bonchev–Trinajstić information content (AvgIpc) is 2.06. The highest BCUT2D eigenvalue weighted by molar-refractivity contribution is 5.95. The van der Waals surface area contributed by atoms with Gasteiger partial charge >= 0.3 is 0 Å². The molecular formula is C7H10N6. The lowest BCUT2D eigenvalue weighted by Crippen LogP contribution is -2.17. The molecule has 2 heterocycles. The smallest absolute Gasteiger partial charge is 0.224 e. The normalized spacial score (nSPS) is 14.4. The number of anilines is 3. The molecule has 0 aromatic carbocycles. The summed E-state index contributed by atoms with van der Waals surface area (Å²) in [5, 5.41) is 3.05. The molecule has 6 nitrogen and oxygen atoms in total. The molecule has 68 valence electrons. The quantitative estimate of drug-likeness (QED) is 0.525. The van der Waals surface area contributed by atoms with Crippen molar-refractivity contribution in [2.24, 2.45) is 4.99 Å². The summed E-state index contributed by atoms with van der Waals surface area (Å²) in [6.45, 7) is 2.58. The van der Waals surface area contributed by atoms with E-state index in [1.807, 2.05) is 6.92 Å². The molecule has 0 spiro atoms. The predicted molar refractivity (Wildman–Crippen MR) is 52.1 cm³/mol. The van der Waals surface area contributed by atoms with Gasteiger partial charge in [-0.25, -0.2) is 4.99 Å². The lowest BCUT2D eigenvalue weighted by molar-refractivity contribution is 1.14. The van der Waals surface area contributed by atoms with Crippen LogP contribution in [-0.2, 0) is 0 Å². The van der Waals surface area contributed by atoms with Crippen molar-refractivity contribution < 1.29 is 0 Å². The van der Waals surface area contributed by atoms with Crippen LogP contribution in [0.3, 0.4) is 0 Å². The molecule has 5 N–H and O–H groups in total. The predicted octanol–water partition coefficient (Wildman–Crippen LogP) is 0.159. The van der Waals surface area contributed by atoms with E-state index in [4.69, 9.17) is 11.5 Å². The fourth-order valence-corrected chi connectivity index (χ4v) is 1.17. The van der Waals surface area contributed by atoms with Crippen LogP contribution >= 0.6 is 0 Å². The van der Waals surface area contributed by atoms with Gasteiger partial charge < -0.3 is 16.8 Å². The third-order valence-electron chi connectivity index (χ3n) is 1.74. The molecule has 1 aromatic heterocycles. The summed E-state index contributed by atoms with van der Waals surface area (Å²) in [5.74, 6) is 1.09. The van der Waals surface area contributed by atoms with Crippen LogP contribution < -0.4 is 16.8 Å². The van der Waals surface area contributed by atoms with E-state index in [0.717, 1.165) is 5.71 Å². The Morgan fingerprint density at radius 1 is 1.31 bits per heavy atom. The van der Waals surface area contributed by atoms with E-state index in [-0.39, 0.29) is 5.95 Å². The number of nitrogens with zero attached hydrogens (tertiary/aromatic N) is 3. The largest absolute Gasteiger partial charge is 0.382 e. The summed E-state index contributed by atoms with van der Waals surface area (Å²) in [6, 6.07) is 0. The maximum absolute atomic E-state index is 5.63. The highest BCUT2D eigenvalue weighted by Gasteiger charge is 2.14. The first kappa shape index (κ1) is 7.78. The van der Waals surface area contributed by atoms with E-state index in [9.17, 15) is 0 Å². The molecule has 2 rings (SSSR count). The van der Waals surface area contributed by atoms with Gasteiger partial charge in [0.25, 0.3) is 0 Å². The third-order valence-corrected chi connectivity index (χ3v) is 1.74. The molecule has 1 aliphatic rings.